The summed E-state index contributed by atoms with van der Waals surface area (Å²) >= 11 is 5.02. The van der Waals surface area contributed by atoms with Crippen LogP contribution in [0.2, 0.25) is 0 Å². The lowest BCUT2D eigenvalue weighted by Gasteiger charge is -2.12. The zero-order valence-electron chi connectivity index (χ0n) is 15.1. The highest BCUT2D eigenvalue weighted by atomic mass is 32.1. The standard InChI is InChI=1S/C19H21N3O4S/c1-25-15-10-9-14(12-16(15)26-2)18(24)21-22-19(27)20-17(23)11-8-13-6-4-3-5-7-13/h3-7,9-10,12H,8,11H2,1-2H3,(H,21,24)(H2,20,22,23,27). The van der Waals surface area contributed by atoms with Crippen molar-refractivity contribution in [3.8, 4) is 11.5 Å². The van der Waals surface area contributed by atoms with Gasteiger partial charge in [0.25, 0.3) is 5.91 Å². The smallest absolute Gasteiger partial charge is 0.269 e. The van der Waals surface area contributed by atoms with Crippen LogP contribution >= 0.6 is 12.2 Å². The highest BCUT2D eigenvalue weighted by Crippen LogP contribution is 2.27. The van der Waals surface area contributed by atoms with Gasteiger partial charge in [-0.25, -0.2) is 0 Å². The summed E-state index contributed by atoms with van der Waals surface area (Å²) in [6.07, 6.45) is 0.892. The normalized spacial score (nSPS) is 9.85. The van der Waals surface area contributed by atoms with E-state index >= 15 is 0 Å². The number of hydrogen-bond donors (Lipinski definition) is 3. The molecular formula is C19H21N3O4S. The van der Waals surface area contributed by atoms with Crippen molar-refractivity contribution in [1.82, 2.24) is 16.2 Å². The molecule has 0 aliphatic rings. The average Bonchev–Trinajstić information content (AvgIpc) is 2.70. The van der Waals surface area contributed by atoms with E-state index in [9.17, 15) is 9.59 Å². The lowest BCUT2D eigenvalue weighted by atomic mass is 10.1. The Morgan fingerprint density at radius 3 is 2.33 bits per heavy atom. The number of nitrogens with one attached hydrogen (secondary N) is 3. The number of hydrazine groups is 1. The van der Waals surface area contributed by atoms with Crippen molar-refractivity contribution < 1.29 is 19.1 Å². The number of rotatable bonds is 6. The first-order valence-electron chi connectivity index (χ1n) is 8.19. The quantitative estimate of drug-likeness (QED) is 0.519. The third kappa shape index (κ3) is 6.27. The molecule has 27 heavy (non-hydrogen) atoms. The molecule has 2 aromatic carbocycles. The van der Waals surface area contributed by atoms with Gasteiger partial charge in [-0.05, 0) is 42.4 Å². The van der Waals surface area contributed by atoms with Gasteiger partial charge in [0.05, 0.1) is 14.2 Å². The second-order valence-corrected chi connectivity index (χ2v) is 5.92. The van der Waals surface area contributed by atoms with Crippen molar-refractivity contribution in [3.63, 3.8) is 0 Å². The van der Waals surface area contributed by atoms with Crippen LogP contribution in [-0.4, -0.2) is 31.1 Å². The summed E-state index contributed by atoms with van der Waals surface area (Å²) in [7, 11) is 3.00. The number of hydrogen-bond acceptors (Lipinski definition) is 5. The number of amides is 2. The van der Waals surface area contributed by atoms with Gasteiger partial charge in [-0.2, -0.15) is 0 Å². The molecule has 0 unspecified atom stereocenters. The van der Waals surface area contributed by atoms with Crippen LogP contribution in [-0.2, 0) is 11.2 Å². The lowest BCUT2D eigenvalue weighted by molar-refractivity contribution is -0.119. The van der Waals surface area contributed by atoms with E-state index < -0.39 is 5.91 Å². The summed E-state index contributed by atoms with van der Waals surface area (Å²) < 4.78 is 10.3. The van der Waals surface area contributed by atoms with Crippen LogP contribution in [0.25, 0.3) is 0 Å². The molecule has 0 bridgehead atoms. The molecule has 0 aromatic heterocycles. The SMILES string of the molecule is COc1ccc(C(=O)NNC(=S)NC(=O)CCc2ccccc2)cc1OC. The van der Waals surface area contributed by atoms with Gasteiger partial charge in [0.1, 0.15) is 0 Å². The Morgan fingerprint density at radius 1 is 0.963 bits per heavy atom. The Labute approximate surface area is 163 Å². The first kappa shape index (κ1) is 20.2. The molecule has 2 aromatic rings. The molecule has 2 amide bonds. The number of carbonyl (C=O) groups is 2. The molecule has 142 valence electrons. The molecule has 0 radical (unpaired) electrons. The van der Waals surface area contributed by atoms with Crippen molar-refractivity contribution in [3.05, 3.63) is 59.7 Å². The molecule has 0 atom stereocenters. The second kappa shape index (κ2) is 10.1. The highest BCUT2D eigenvalue weighted by molar-refractivity contribution is 7.80. The van der Waals surface area contributed by atoms with Crippen molar-refractivity contribution in [2.45, 2.75) is 12.8 Å². The molecular weight excluding hydrogens is 366 g/mol. The van der Waals surface area contributed by atoms with Gasteiger partial charge in [-0.3, -0.25) is 20.4 Å². The lowest BCUT2D eigenvalue weighted by Crippen LogP contribution is -2.48. The molecule has 2 rings (SSSR count). The van der Waals surface area contributed by atoms with Gasteiger partial charge >= 0.3 is 0 Å². The summed E-state index contributed by atoms with van der Waals surface area (Å²) in [5.41, 5.74) is 6.34. The number of benzene rings is 2. The zero-order valence-corrected chi connectivity index (χ0v) is 15.9. The fourth-order valence-corrected chi connectivity index (χ4v) is 2.45. The predicted octanol–water partition coefficient (Wildman–Crippen LogP) is 1.97. The third-order valence-corrected chi connectivity index (χ3v) is 3.88. The Morgan fingerprint density at radius 2 is 1.67 bits per heavy atom. The predicted molar refractivity (Wildman–Crippen MR) is 106 cm³/mol. The van der Waals surface area contributed by atoms with E-state index in [4.69, 9.17) is 21.7 Å². The first-order valence-corrected chi connectivity index (χ1v) is 8.60. The van der Waals surface area contributed by atoms with Gasteiger partial charge in [-0.15, -0.1) is 0 Å². The first-order chi connectivity index (χ1) is 13.0. The molecule has 8 heteroatoms. The fourth-order valence-electron chi connectivity index (χ4n) is 2.29. The van der Waals surface area contributed by atoms with E-state index in [-0.39, 0.29) is 17.4 Å². The average molecular weight is 387 g/mol. The van der Waals surface area contributed by atoms with Gasteiger partial charge in [0.15, 0.2) is 16.6 Å². The molecule has 0 spiro atoms. The van der Waals surface area contributed by atoms with Crippen molar-refractivity contribution in [2.24, 2.45) is 0 Å². The van der Waals surface area contributed by atoms with E-state index in [2.05, 4.69) is 16.2 Å². The molecule has 3 N–H and O–H groups in total. The minimum absolute atomic E-state index is 0.0156. The maximum atomic E-state index is 12.2. The Balaban J connectivity index is 1.79. The summed E-state index contributed by atoms with van der Waals surface area (Å²) in [5, 5.41) is 2.54. The fraction of sp³-hybridized carbons (Fsp3) is 0.211. The molecule has 0 aliphatic carbocycles. The van der Waals surface area contributed by atoms with Crippen LogP contribution in [0.3, 0.4) is 0 Å². The molecule has 0 aliphatic heterocycles. The molecule has 0 heterocycles. The minimum Gasteiger partial charge on any atom is -0.493 e. The molecule has 0 fully saturated rings. The van der Waals surface area contributed by atoms with Crippen LogP contribution in [0, 0.1) is 0 Å². The van der Waals surface area contributed by atoms with E-state index in [0.29, 0.717) is 23.5 Å². The highest BCUT2D eigenvalue weighted by Gasteiger charge is 2.11. The number of methoxy groups -OCH3 is 2. The zero-order chi connectivity index (χ0) is 19.6. The van der Waals surface area contributed by atoms with Gasteiger partial charge in [-0.1, -0.05) is 30.3 Å². The van der Waals surface area contributed by atoms with E-state index in [1.165, 1.54) is 20.3 Å². The van der Waals surface area contributed by atoms with Gasteiger partial charge in [0.2, 0.25) is 5.91 Å². The Hall–Kier alpha value is -3.13. The maximum absolute atomic E-state index is 12.2. The molecule has 0 saturated heterocycles. The van der Waals surface area contributed by atoms with Crippen LogP contribution in [0.15, 0.2) is 48.5 Å². The number of aryl methyl sites for hydroxylation is 1. The van der Waals surface area contributed by atoms with Gasteiger partial charge in [0, 0.05) is 12.0 Å². The maximum Gasteiger partial charge on any atom is 0.269 e. The van der Waals surface area contributed by atoms with Crippen molar-refractivity contribution >= 4 is 29.1 Å². The largest absolute Gasteiger partial charge is 0.493 e. The van der Waals surface area contributed by atoms with Crippen LogP contribution in [0.4, 0.5) is 0 Å². The van der Waals surface area contributed by atoms with Crippen LogP contribution < -0.4 is 25.6 Å². The van der Waals surface area contributed by atoms with E-state index in [1.807, 2.05) is 30.3 Å². The van der Waals surface area contributed by atoms with E-state index in [1.54, 1.807) is 12.1 Å². The summed E-state index contributed by atoms with van der Waals surface area (Å²) in [6, 6.07) is 14.4. The summed E-state index contributed by atoms with van der Waals surface area (Å²) in [5.74, 6) is 0.277. The van der Waals surface area contributed by atoms with Gasteiger partial charge < -0.3 is 14.8 Å². The number of ether oxygens (including phenoxy) is 2. The third-order valence-electron chi connectivity index (χ3n) is 3.67. The molecule has 0 saturated carbocycles. The summed E-state index contributed by atoms with van der Waals surface area (Å²) in [6.45, 7) is 0. The van der Waals surface area contributed by atoms with Crippen molar-refractivity contribution in [1.29, 1.82) is 0 Å². The van der Waals surface area contributed by atoms with Crippen LogP contribution in [0.1, 0.15) is 22.3 Å². The second-order valence-electron chi connectivity index (χ2n) is 5.51. The Kier molecular flexibility index (Phi) is 7.57. The monoisotopic (exact) mass is 387 g/mol. The van der Waals surface area contributed by atoms with Crippen LogP contribution in [0.5, 0.6) is 11.5 Å². The topological polar surface area (TPSA) is 88.7 Å². The van der Waals surface area contributed by atoms with E-state index in [0.717, 1.165) is 5.56 Å². The molecule has 7 nitrogen and oxygen atoms in total. The number of thiocarbonyl (C=S) groups is 1. The summed E-state index contributed by atoms with van der Waals surface area (Å²) in [4.78, 5) is 24.1. The number of carbonyl (C=O) groups excluding carboxylic acids is 2. The Bertz CT molecular complexity index is 812. The minimum atomic E-state index is -0.433. The van der Waals surface area contributed by atoms with Crippen molar-refractivity contribution in [2.75, 3.05) is 14.2 Å².